The van der Waals surface area contributed by atoms with Crippen LogP contribution in [-0.2, 0) is 24.0 Å². The molecule has 0 saturated heterocycles. The first-order valence-corrected chi connectivity index (χ1v) is 51.4. The van der Waals surface area contributed by atoms with Crippen LogP contribution < -0.4 is 0 Å². The van der Waals surface area contributed by atoms with E-state index < -0.39 is 29.8 Å². The standard InChI is InChI=1S/C36H62O4.C36H64O4.C36H66O2/c1-3-5-7-14-21-31-28-34-32(27-30(31)19-6-4-2)26-25-29(20-15-10-8-12-17-23-35(37)38)33(34)22-16-11-9-13-18-24-36(39)40;1-3-5-7-9-13-19-25-33-31(23-17-8-6-4-2)29-30-32(24-18-12-10-15-21-27-35(37)38)34(33)26-20-14-11-16-22-28-36(39)40;1-4-7-10-13-16-20-25-30-34(29-24-19-15-12-9-6-3)35(31-26-21-17-14-11-8-5-2)32-27-22-18-23-28-33-36(37)38/h25-26,28-33H,3-24,27H2,1-2H3,(H,37,38)(H,39,40);13,19,29-34H,3-12,14-18,20-28H2,1-2H3,(H,37,38)(H,39,40);16-17,20-21,30,35H,4-15,18-19,22-29,31-33H2,1-3H3,(H,37,38)/b;19-13+;20-16+,21-17+,34-30-. The summed E-state index contributed by atoms with van der Waals surface area (Å²) in [6.07, 6.45) is 114. The Morgan fingerprint density at radius 1 is 0.305 bits per heavy atom. The number of carboxylic acids is 5. The highest BCUT2D eigenvalue weighted by atomic mass is 16.4. The zero-order valence-corrected chi connectivity index (χ0v) is 78.4. The summed E-state index contributed by atoms with van der Waals surface area (Å²) in [7, 11) is 0. The molecule has 5 N–H and O–H groups in total. The molecular weight excluding hydrogens is 1460 g/mol. The smallest absolute Gasteiger partial charge is 0.303 e. The van der Waals surface area contributed by atoms with Crippen molar-refractivity contribution in [3.05, 3.63) is 84.1 Å². The Labute approximate surface area is 729 Å². The maximum Gasteiger partial charge on any atom is 0.303 e. The van der Waals surface area contributed by atoms with Crippen LogP contribution in [0.4, 0.5) is 0 Å². The summed E-state index contributed by atoms with van der Waals surface area (Å²) in [6.45, 7) is 16.0. The Morgan fingerprint density at radius 3 is 1.10 bits per heavy atom. The molecule has 0 fully saturated rings. The van der Waals surface area contributed by atoms with Gasteiger partial charge >= 0.3 is 29.8 Å². The van der Waals surface area contributed by atoms with Crippen molar-refractivity contribution in [2.24, 2.45) is 59.2 Å². The minimum atomic E-state index is -0.674. The Balaban J connectivity index is 0.000000886. The third-order valence-electron chi connectivity index (χ3n) is 26.5. The number of carboxylic acid groups (broad SMARTS) is 5. The topological polar surface area (TPSA) is 186 Å². The van der Waals surface area contributed by atoms with E-state index in [0.717, 1.165) is 120 Å². The van der Waals surface area contributed by atoms with E-state index in [2.05, 4.69) is 121 Å². The van der Waals surface area contributed by atoms with E-state index in [-0.39, 0.29) is 0 Å². The third kappa shape index (κ3) is 64.3. The van der Waals surface area contributed by atoms with Gasteiger partial charge in [-0.3, -0.25) is 24.0 Å². The highest BCUT2D eigenvalue weighted by Crippen LogP contribution is 2.49. The molecule has 0 aromatic rings. The van der Waals surface area contributed by atoms with Crippen LogP contribution in [0.2, 0.25) is 0 Å². The van der Waals surface area contributed by atoms with Gasteiger partial charge in [0.1, 0.15) is 0 Å². The lowest BCUT2D eigenvalue weighted by molar-refractivity contribution is -0.138. The molecule has 3 aliphatic rings. The fourth-order valence-electron chi connectivity index (χ4n) is 19.3. The molecule has 10 heteroatoms. The number of rotatable bonds is 80. The zero-order chi connectivity index (χ0) is 86.2. The molecule has 0 heterocycles. The lowest BCUT2D eigenvalue weighted by Crippen LogP contribution is -2.31. The first-order chi connectivity index (χ1) is 57.6. The van der Waals surface area contributed by atoms with Crippen molar-refractivity contribution in [1.82, 2.24) is 0 Å². The molecule has 3 rings (SSSR count). The highest BCUT2D eigenvalue weighted by Gasteiger charge is 2.38. The Bertz CT molecular complexity index is 2570. The summed E-state index contributed by atoms with van der Waals surface area (Å²) in [5.74, 6) is 3.76. The van der Waals surface area contributed by atoms with Gasteiger partial charge in [0.15, 0.2) is 0 Å². The minimum Gasteiger partial charge on any atom is -0.481 e. The van der Waals surface area contributed by atoms with E-state index in [1.54, 1.807) is 11.1 Å². The number of aliphatic carboxylic acids is 5. The van der Waals surface area contributed by atoms with Crippen molar-refractivity contribution in [3.8, 4) is 0 Å². The summed E-state index contributed by atoms with van der Waals surface area (Å²) in [5.41, 5.74) is 3.50. The Kier molecular flexibility index (Phi) is 77.7. The van der Waals surface area contributed by atoms with Crippen LogP contribution in [0.5, 0.6) is 0 Å². The molecule has 0 aliphatic heterocycles. The van der Waals surface area contributed by atoms with Crippen LogP contribution in [0, 0.1) is 59.2 Å². The average Bonchev–Trinajstić information content (AvgIpc) is 0.772. The largest absolute Gasteiger partial charge is 0.481 e. The minimum absolute atomic E-state index is 0.303. The van der Waals surface area contributed by atoms with Crippen LogP contribution in [0.25, 0.3) is 0 Å². The second kappa shape index (κ2) is 82.2. The molecule has 0 aromatic carbocycles. The number of allylic oxidation sites excluding steroid dienone is 14. The molecule has 10 unspecified atom stereocenters. The molecule has 0 amide bonds. The Hall–Kier alpha value is -4.47. The van der Waals surface area contributed by atoms with Gasteiger partial charge in [0, 0.05) is 32.1 Å². The lowest BCUT2D eigenvalue weighted by atomic mass is 9.63. The summed E-state index contributed by atoms with van der Waals surface area (Å²) >= 11 is 0. The highest BCUT2D eigenvalue weighted by molar-refractivity contribution is 5.67. The van der Waals surface area contributed by atoms with Gasteiger partial charge in [0.2, 0.25) is 0 Å². The van der Waals surface area contributed by atoms with E-state index in [1.807, 2.05) is 0 Å². The number of hydrogen-bond donors (Lipinski definition) is 5. The van der Waals surface area contributed by atoms with Gasteiger partial charge in [-0.25, -0.2) is 0 Å². The zero-order valence-electron chi connectivity index (χ0n) is 78.4. The van der Waals surface area contributed by atoms with E-state index in [9.17, 15) is 24.0 Å². The van der Waals surface area contributed by atoms with Crippen molar-refractivity contribution in [2.75, 3.05) is 0 Å². The first kappa shape index (κ1) is 112. The Morgan fingerprint density at radius 2 is 0.644 bits per heavy atom. The molecule has 0 bridgehead atoms. The van der Waals surface area contributed by atoms with Gasteiger partial charge in [0.05, 0.1) is 0 Å². The van der Waals surface area contributed by atoms with Crippen molar-refractivity contribution >= 4 is 29.8 Å². The molecular formula is C108H192O10. The third-order valence-corrected chi connectivity index (χ3v) is 26.5. The lowest BCUT2D eigenvalue weighted by Gasteiger charge is -2.42. The SMILES string of the molecule is CCCCC/C=C/C/C=C(/CCCCCCCC)C(CC/C=C/CCCCC)CCCCCCCC(=O)O.CCCCC/C=C/CC1C(CCCCCC)C=CC(CCCCCCCC(=O)O)C1CCCCCCCC(=O)O.CCCCCCC1C=C2C(C=CC(CCCCCCCC(=O)O)C2CCCCCCCC(=O)O)CC1CCCC. The normalized spacial score (nSPS) is 19.5. The average molecular weight is 1650 g/mol. The van der Waals surface area contributed by atoms with Crippen molar-refractivity contribution in [1.29, 1.82) is 0 Å². The van der Waals surface area contributed by atoms with Gasteiger partial charge in [-0.2, -0.15) is 0 Å². The molecule has 10 atom stereocenters. The van der Waals surface area contributed by atoms with E-state index in [4.69, 9.17) is 25.5 Å². The van der Waals surface area contributed by atoms with Crippen molar-refractivity contribution in [2.45, 2.75) is 511 Å². The molecule has 0 radical (unpaired) electrons. The van der Waals surface area contributed by atoms with Crippen LogP contribution in [0.1, 0.15) is 511 Å². The fraction of sp³-hybridized carbons (Fsp3) is 0.824. The van der Waals surface area contributed by atoms with Gasteiger partial charge in [-0.15, -0.1) is 0 Å². The van der Waals surface area contributed by atoms with Crippen molar-refractivity contribution < 1.29 is 49.5 Å². The second-order valence-electron chi connectivity index (χ2n) is 36.9. The monoisotopic (exact) mass is 1650 g/mol. The molecule has 10 nitrogen and oxygen atoms in total. The summed E-state index contributed by atoms with van der Waals surface area (Å²) < 4.78 is 0. The molecule has 3 aliphatic carbocycles. The predicted octanol–water partition coefficient (Wildman–Crippen LogP) is 34.4. The maximum absolute atomic E-state index is 10.8. The quantitative estimate of drug-likeness (QED) is 0.0290. The predicted molar refractivity (Wildman–Crippen MR) is 507 cm³/mol. The van der Waals surface area contributed by atoms with Crippen LogP contribution >= 0.6 is 0 Å². The number of carbonyl (C=O) groups is 5. The van der Waals surface area contributed by atoms with E-state index >= 15 is 0 Å². The summed E-state index contributed by atoms with van der Waals surface area (Å²) in [4.78, 5) is 54.0. The van der Waals surface area contributed by atoms with Crippen LogP contribution in [0.15, 0.2) is 84.1 Å². The molecule has 0 saturated carbocycles. The molecule has 684 valence electrons. The van der Waals surface area contributed by atoms with Crippen molar-refractivity contribution in [3.63, 3.8) is 0 Å². The number of hydrogen-bond acceptors (Lipinski definition) is 5. The van der Waals surface area contributed by atoms with Gasteiger partial charge < -0.3 is 25.5 Å². The fourth-order valence-corrected chi connectivity index (χ4v) is 19.3. The first-order valence-electron chi connectivity index (χ1n) is 51.4. The second-order valence-corrected chi connectivity index (χ2v) is 36.9. The van der Waals surface area contributed by atoms with Crippen LogP contribution in [-0.4, -0.2) is 55.4 Å². The van der Waals surface area contributed by atoms with E-state index in [0.29, 0.717) is 67.6 Å². The summed E-state index contributed by atoms with van der Waals surface area (Å²) in [5, 5.41) is 44.4. The number of fused-ring (bicyclic) bond motifs is 1. The molecule has 0 aromatic heterocycles. The number of unbranched alkanes of at least 4 members (excludes halogenated alkanes) is 41. The summed E-state index contributed by atoms with van der Waals surface area (Å²) in [6, 6.07) is 0. The van der Waals surface area contributed by atoms with Gasteiger partial charge in [0.25, 0.3) is 0 Å². The van der Waals surface area contributed by atoms with E-state index in [1.165, 1.54) is 334 Å². The van der Waals surface area contributed by atoms with Gasteiger partial charge in [-0.1, -0.05) is 396 Å². The molecule has 118 heavy (non-hydrogen) atoms. The van der Waals surface area contributed by atoms with Crippen LogP contribution in [0.3, 0.4) is 0 Å². The maximum atomic E-state index is 10.8. The van der Waals surface area contributed by atoms with Gasteiger partial charge in [-0.05, 0) is 226 Å². The molecule has 0 spiro atoms.